The van der Waals surface area contributed by atoms with Crippen molar-refractivity contribution in [2.75, 3.05) is 20.3 Å². The van der Waals surface area contributed by atoms with Gasteiger partial charge in [-0.3, -0.25) is 4.99 Å². The van der Waals surface area contributed by atoms with Crippen molar-refractivity contribution in [2.45, 2.75) is 27.2 Å². The Morgan fingerprint density at radius 2 is 2.06 bits per heavy atom. The number of aliphatic imine (C=N–C) groups is 1. The molecule has 0 amide bonds. The summed E-state index contributed by atoms with van der Waals surface area (Å²) in [6, 6.07) is 4.84. The molecule has 0 N–H and O–H groups in total. The maximum Gasteiger partial charge on any atom is 0.123 e. The van der Waals surface area contributed by atoms with Crippen molar-refractivity contribution in [1.29, 1.82) is 0 Å². The monoisotopic (exact) mass is 251 g/mol. The lowest BCUT2D eigenvalue weighted by Crippen LogP contribution is -2.23. The molecule has 1 aromatic rings. The number of aryl methyl sites for hydroxylation is 1. The molecule has 1 saturated heterocycles. The highest BCUT2D eigenvalue weighted by Crippen LogP contribution is 2.13. The molecule has 18 heavy (non-hydrogen) atoms. The summed E-state index contributed by atoms with van der Waals surface area (Å²) in [6.45, 7) is 8.11. The zero-order valence-electron chi connectivity index (χ0n) is 11.7. The Balaban J connectivity index is 0.000000269. The first kappa shape index (κ1) is 14.8. The lowest BCUT2D eigenvalue weighted by atomic mass is 10.0. The van der Waals surface area contributed by atoms with Crippen LogP contribution in [0.5, 0.6) is 0 Å². The largest absolute Gasteiger partial charge is 0.381 e. The highest BCUT2D eigenvalue weighted by Gasteiger charge is 2.09. The van der Waals surface area contributed by atoms with E-state index in [2.05, 4.69) is 11.9 Å². The van der Waals surface area contributed by atoms with Crippen molar-refractivity contribution in [3.8, 4) is 0 Å². The first-order chi connectivity index (χ1) is 8.58. The van der Waals surface area contributed by atoms with Gasteiger partial charge in [-0.25, -0.2) is 4.39 Å². The second-order valence-electron chi connectivity index (χ2n) is 4.61. The summed E-state index contributed by atoms with van der Waals surface area (Å²) in [5, 5.41) is 0. The minimum absolute atomic E-state index is 0.176. The van der Waals surface area contributed by atoms with Crippen LogP contribution in [-0.4, -0.2) is 26.0 Å². The Bertz CT molecular complexity index is 411. The van der Waals surface area contributed by atoms with Crippen LogP contribution in [0.2, 0.25) is 0 Å². The van der Waals surface area contributed by atoms with Gasteiger partial charge in [-0.1, -0.05) is 13.8 Å². The molecule has 1 aliphatic heterocycles. The molecule has 0 bridgehead atoms. The maximum atomic E-state index is 12.9. The van der Waals surface area contributed by atoms with Gasteiger partial charge in [0, 0.05) is 18.7 Å². The molecule has 2 nitrogen and oxygen atoms in total. The molecule has 0 saturated carbocycles. The maximum absolute atomic E-state index is 12.9. The van der Waals surface area contributed by atoms with E-state index in [-0.39, 0.29) is 5.82 Å². The average molecular weight is 251 g/mol. The molecule has 100 valence electrons. The lowest BCUT2D eigenvalue weighted by Gasteiger charge is -2.20. The van der Waals surface area contributed by atoms with E-state index in [4.69, 9.17) is 4.74 Å². The van der Waals surface area contributed by atoms with Crippen molar-refractivity contribution in [2.24, 2.45) is 10.9 Å². The SMILES string of the molecule is CC1COC1.CCc1cc(F)ccc1C(C)=NC. The van der Waals surface area contributed by atoms with Crippen LogP contribution in [0.25, 0.3) is 0 Å². The smallest absolute Gasteiger partial charge is 0.123 e. The predicted molar refractivity (Wildman–Crippen MR) is 73.9 cm³/mol. The van der Waals surface area contributed by atoms with Crippen LogP contribution in [0.4, 0.5) is 4.39 Å². The van der Waals surface area contributed by atoms with Crippen LogP contribution in [-0.2, 0) is 11.2 Å². The van der Waals surface area contributed by atoms with Crippen molar-refractivity contribution < 1.29 is 9.13 Å². The third-order valence-corrected chi connectivity index (χ3v) is 2.98. The molecule has 1 aromatic carbocycles. The number of nitrogens with zero attached hydrogens (tertiary/aromatic N) is 1. The molecule has 1 aliphatic rings. The molecule has 0 aromatic heterocycles. The molecular weight excluding hydrogens is 229 g/mol. The van der Waals surface area contributed by atoms with E-state index in [0.717, 1.165) is 42.4 Å². The van der Waals surface area contributed by atoms with E-state index in [9.17, 15) is 4.39 Å². The molecule has 0 radical (unpaired) electrons. The second-order valence-corrected chi connectivity index (χ2v) is 4.61. The van der Waals surface area contributed by atoms with E-state index in [1.807, 2.05) is 13.8 Å². The van der Waals surface area contributed by atoms with E-state index in [1.165, 1.54) is 6.07 Å². The Kier molecular flexibility index (Phi) is 5.99. The Morgan fingerprint density at radius 1 is 1.44 bits per heavy atom. The minimum Gasteiger partial charge on any atom is -0.381 e. The fourth-order valence-corrected chi connectivity index (χ4v) is 1.68. The predicted octanol–water partition coefficient (Wildman–Crippen LogP) is 3.48. The van der Waals surface area contributed by atoms with Gasteiger partial charge in [0.05, 0.1) is 13.2 Å². The summed E-state index contributed by atoms with van der Waals surface area (Å²) in [7, 11) is 1.75. The Morgan fingerprint density at radius 3 is 2.44 bits per heavy atom. The van der Waals surface area contributed by atoms with Gasteiger partial charge in [-0.15, -0.1) is 0 Å². The van der Waals surface area contributed by atoms with E-state index < -0.39 is 0 Å². The van der Waals surface area contributed by atoms with Crippen molar-refractivity contribution >= 4 is 5.71 Å². The molecule has 0 aliphatic carbocycles. The fourth-order valence-electron chi connectivity index (χ4n) is 1.68. The number of halogens is 1. The summed E-state index contributed by atoms with van der Waals surface area (Å²) in [5.74, 6) is 0.666. The highest BCUT2D eigenvalue weighted by atomic mass is 19.1. The Hall–Kier alpha value is -1.22. The normalized spacial score (nSPS) is 15.7. The van der Waals surface area contributed by atoms with E-state index >= 15 is 0 Å². The summed E-state index contributed by atoms with van der Waals surface area (Å²) >= 11 is 0. The molecule has 0 spiro atoms. The molecule has 0 atom stereocenters. The molecule has 0 unspecified atom stereocenters. The second kappa shape index (κ2) is 7.27. The number of ether oxygens (including phenoxy) is 1. The third-order valence-electron chi connectivity index (χ3n) is 2.98. The van der Waals surface area contributed by atoms with Crippen LogP contribution < -0.4 is 0 Å². The van der Waals surface area contributed by atoms with Gasteiger partial charge in [-0.05, 0) is 42.7 Å². The fraction of sp³-hybridized carbons (Fsp3) is 0.533. The van der Waals surface area contributed by atoms with E-state index in [0.29, 0.717) is 0 Å². The van der Waals surface area contributed by atoms with Gasteiger partial charge >= 0.3 is 0 Å². The quantitative estimate of drug-likeness (QED) is 0.737. The zero-order chi connectivity index (χ0) is 13.5. The van der Waals surface area contributed by atoms with Crippen LogP contribution >= 0.6 is 0 Å². The molecule has 1 heterocycles. The van der Waals surface area contributed by atoms with Crippen molar-refractivity contribution in [3.05, 3.63) is 35.1 Å². The van der Waals surface area contributed by atoms with Gasteiger partial charge in [-0.2, -0.15) is 0 Å². The van der Waals surface area contributed by atoms with Gasteiger partial charge < -0.3 is 4.74 Å². The van der Waals surface area contributed by atoms with Crippen LogP contribution in [0.1, 0.15) is 31.9 Å². The summed E-state index contributed by atoms with van der Waals surface area (Å²) in [4.78, 5) is 4.09. The van der Waals surface area contributed by atoms with Crippen molar-refractivity contribution in [3.63, 3.8) is 0 Å². The summed E-state index contributed by atoms with van der Waals surface area (Å²) in [6.07, 6.45) is 0.833. The minimum atomic E-state index is -0.176. The first-order valence-corrected chi connectivity index (χ1v) is 6.38. The summed E-state index contributed by atoms with van der Waals surface area (Å²) < 4.78 is 17.7. The molecular formula is C15H22FNO. The van der Waals surface area contributed by atoms with Crippen LogP contribution in [0.15, 0.2) is 23.2 Å². The number of hydrogen-bond donors (Lipinski definition) is 0. The van der Waals surface area contributed by atoms with Crippen LogP contribution in [0, 0.1) is 11.7 Å². The topological polar surface area (TPSA) is 21.6 Å². The number of hydrogen-bond acceptors (Lipinski definition) is 2. The van der Waals surface area contributed by atoms with Crippen molar-refractivity contribution in [1.82, 2.24) is 0 Å². The highest BCUT2D eigenvalue weighted by molar-refractivity contribution is 5.99. The lowest BCUT2D eigenvalue weighted by molar-refractivity contribution is -0.0221. The van der Waals surface area contributed by atoms with Gasteiger partial charge in [0.1, 0.15) is 5.82 Å². The van der Waals surface area contributed by atoms with Gasteiger partial charge in [0.25, 0.3) is 0 Å². The van der Waals surface area contributed by atoms with E-state index in [1.54, 1.807) is 19.2 Å². The molecule has 3 heteroatoms. The third kappa shape index (κ3) is 4.22. The molecule has 1 fully saturated rings. The van der Waals surface area contributed by atoms with Gasteiger partial charge in [0.2, 0.25) is 0 Å². The summed E-state index contributed by atoms with van der Waals surface area (Å²) in [5.41, 5.74) is 3.02. The number of benzene rings is 1. The van der Waals surface area contributed by atoms with Gasteiger partial charge in [0.15, 0.2) is 0 Å². The Labute approximate surface area is 109 Å². The average Bonchev–Trinajstić information content (AvgIpc) is 2.36. The van der Waals surface area contributed by atoms with Crippen LogP contribution in [0.3, 0.4) is 0 Å². The zero-order valence-corrected chi connectivity index (χ0v) is 11.7. The first-order valence-electron chi connectivity index (χ1n) is 6.38. The molecule has 2 rings (SSSR count). The number of rotatable bonds is 2. The standard InChI is InChI=1S/C11H14FN.C4H8O/c1-4-9-7-10(12)5-6-11(9)8(2)13-3;1-4-2-5-3-4/h5-7H,4H2,1-3H3;4H,2-3H2,1H3.